The van der Waals surface area contributed by atoms with Crippen molar-refractivity contribution in [2.75, 3.05) is 5.32 Å². The number of esters is 1. The highest BCUT2D eigenvalue weighted by molar-refractivity contribution is 5.93. The third-order valence-electron chi connectivity index (χ3n) is 3.47. The lowest BCUT2D eigenvalue weighted by Gasteiger charge is -2.14. The van der Waals surface area contributed by atoms with Crippen LogP contribution in [0.25, 0.3) is 11.5 Å². The fraction of sp³-hybridized carbons (Fsp3) is 0.167. The zero-order valence-electron chi connectivity index (χ0n) is 13.7. The molecule has 0 bridgehead atoms. The minimum atomic E-state index is -0.627. The molecule has 0 radical (unpaired) electrons. The van der Waals surface area contributed by atoms with E-state index in [4.69, 9.17) is 13.6 Å². The number of carbonyl (C=O) groups excluding carboxylic acids is 2. The van der Waals surface area contributed by atoms with Crippen LogP contribution in [-0.4, -0.2) is 16.9 Å². The first-order valence-electron chi connectivity index (χ1n) is 7.60. The summed E-state index contributed by atoms with van der Waals surface area (Å²) in [5, 5.41) is 2.69. The number of nitrogens with one attached hydrogen (secondary N) is 1. The molecule has 7 heteroatoms. The van der Waals surface area contributed by atoms with Gasteiger partial charge in [-0.05, 0) is 36.8 Å². The van der Waals surface area contributed by atoms with Crippen molar-refractivity contribution in [2.45, 2.75) is 20.0 Å². The van der Waals surface area contributed by atoms with Crippen molar-refractivity contribution in [1.82, 2.24) is 4.98 Å². The van der Waals surface area contributed by atoms with Gasteiger partial charge in [0.25, 0.3) is 0 Å². The lowest BCUT2D eigenvalue weighted by atomic mass is 10.1. The van der Waals surface area contributed by atoms with E-state index in [0.29, 0.717) is 11.4 Å². The molecule has 1 N–H and O–H groups in total. The number of nitrogens with zero attached hydrogens (tertiary/aromatic N) is 1. The standard InChI is InChI=1S/C18H16N2O5/c1-11(13-5-3-6-14(9-13)20-12(2)21)25-18(22)16-17(24-10-19-16)15-7-4-8-23-15/h3-11H,1-2H3,(H,20,21)/t11-/m0/s1. The molecule has 2 heterocycles. The second-order valence-corrected chi connectivity index (χ2v) is 5.36. The normalized spacial score (nSPS) is 11.8. The number of hydrogen-bond donors (Lipinski definition) is 1. The molecule has 7 nitrogen and oxygen atoms in total. The van der Waals surface area contributed by atoms with Crippen molar-refractivity contribution < 1.29 is 23.2 Å². The number of ether oxygens (including phenoxy) is 1. The number of amides is 1. The fourth-order valence-electron chi connectivity index (χ4n) is 2.33. The van der Waals surface area contributed by atoms with E-state index in [1.54, 1.807) is 43.3 Å². The van der Waals surface area contributed by atoms with Gasteiger partial charge >= 0.3 is 5.97 Å². The Morgan fingerprint density at radius 1 is 1.20 bits per heavy atom. The third kappa shape index (κ3) is 3.77. The molecule has 0 spiro atoms. The van der Waals surface area contributed by atoms with Crippen LogP contribution in [0.1, 0.15) is 36.0 Å². The zero-order chi connectivity index (χ0) is 17.8. The molecule has 1 amide bonds. The molecule has 0 unspecified atom stereocenters. The maximum absolute atomic E-state index is 12.4. The Balaban J connectivity index is 1.76. The van der Waals surface area contributed by atoms with Crippen molar-refractivity contribution in [3.63, 3.8) is 0 Å². The summed E-state index contributed by atoms with van der Waals surface area (Å²) in [6.07, 6.45) is 2.10. The molecule has 0 saturated heterocycles. The van der Waals surface area contributed by atoms with E-state index in [-0.39, 0.29) is 17.4 Å². The van der Waals surface area contributed by atoms with Crippen LogP contribution in [0.2, 0.25) is 0 Å². The number of anilines is 1. The van der Waals surface area contributed by atoms with Crippen molar-refractivity contribution in [2.24, 2.45) is 0 Å². The number of carbonyl (C=O) groups is 2. The van der Waals surface area contributed by atoms with Crippen LogP contribution in [0.3, 0.4) is 0 Å². The van der Waals surface area contributed by atoms with Crippen molar-refractivity contribution in [3.05, 3.63) is 60.3 Å². The summed E-state index contributed by atoms with van der Waals surface area (Å²) in [5.41, 5.74) is 1.41. The average Bonchev–Trinajstić information content (AvgIpc) is 3.25. The van der Waals surface area contributed by atoms with Gasteiger partial charge in [0.05, 0.1) is 6.26 Å². The van der Waals surface area contributed by atoms with Crippen LogP contribution in [-0.2, 0) is 9.53 Å². The number of aromatic nitrogens is 1. The van der Waals surface area contributed by atoms with Crippen molar-refractivity contribution in [3.8, 4) is 11.5 Å². The highest BCUT2D eigenvalue weighted by atomic mass is 16.5. The first kappa shape index (κ1) is 16.5. The van der Waals surface area contributed by atoms with E-state index in [1.165, 1.54) is 13.2 Å². The molecule has 0 fully saturated rings. The predicted molar refractivity (Wildman–Crippen MR) is 88.8 cm³/mol. The Labute approximate surface area is 143 Å². The molecule has 0 aliphatic carbocycles. The summed E-state index contributed by atoms with van der Waals surface area (Å²) in [6.45, 7) is 3.16. The van der Waals surface area contributed by atoms with Crippen molar-refractivity contribution in [1.29, 1.82) is 0 Å². The van der Waals surface area contributed by atoms with Crippen LogP contribution < -0.4 is 5.32 Å². The van der Waals surface area contributed by atoms with E-state index < -0.39 is 12.1 Å². The topological polar surface area (TPSA) is 94.6 Å². The van der Waals surface area contributed by atoms with Crippen LogP contribution in [0, 0.1) is 0 Å². The molecule has 0 aliphatic heterocycles. The van der Waals surface area contributed by atoms with Crippen LogP contribution in [0.4, 0.5) is 5.69 Å². The van der Waals surface area contributed by atoms with Crippen LogP contribution >= 0.6 is 0 Å². The van der Waals surface area contributed by atoms with Gasteiger partial charge in [-0.3, -0.25) is 4.79 Å². The molecule has 1 aromatic carbocycles. The van der Waals surface area contributed by atoms with Gasteiger partial charge in [-0.1, -0.05) is 12.1 Å². The maximum atomic E-state index is 12.4. The SMILES string of the molecule is CC(=O)Nc1cccc([C@H](C)OC(=O)c2ncoc2-c2ccco2)c1. The number of rotatable bonds is 5. The Morgan fingerprint density at radius 2 is 2.04 bits per heavy atom. The highest BCUT2D eigenvalue weighted by Gasteiger charge is 2.23. The molecular weight excluding hydrogens is 324 g/mol. The third-order valence-corrected chi connectivity index (χ3v) is 3.47. The summed E-state index contributed by atoms with van der Waals surface area (Å²) >= 11 is 0. The van der Waals surface area contributed by atoms with Gasteiger partial charge in [0.2, 0.25) is 11.7 Å². The van der Waals surface area contributed by atoms with Gasteiger partial charge in [0.15, 0.2) is 17.8 Å². The molecule has 128 valence electrons. The van der Waals surface area contributed by atoms with Gasteiger partial charge in [0, 0.05) is 12.6 Å². The summed E-state index contributed by atoms with van der Waals surface area (Å²) < 4.78 is 15.9. The first-order valence-corrected chi connectivity index (χ1v) is 7.60. The lowest BCUT2D eigenvalue weighted by Crippen LogP contribution is -2.11. The van der Waals surface area contributed by atoms with Gasteiger partial charge in [-0.2, -0.15) is 0 Å². The smallest absolute Gasteiger partial charge is 0.361 e. The van der Waals surface area contributed by atoms with Crippen LogP contribution in [0.15, 0.2) is 57.9 Å². The Kier molecular flexibility index (Phi) is 4.65. The average molecular weight is 340 g/mol. The molecular formula is C18H16N2O5. The van der Waals surface area contributed by atoms with E-state index >= 15 is 0 Å². The van der Waals surface area contributed by atoms with E-state index in [0.717, 1.165) is 12.0 Å². The van der Waals surface area contributed by atoms with E-state index in [9.17, 15) is 9.59 Å². The minimum absolute atomic E-state index is 0.0415. The number of oxazole rings is 1. The second-order valence-electron chi connectivity index (χ2n) is 5.36. The fourth-order valence-corrected chi connectivity index (χ4v) is 2.33. The Morgan fingerprint density at radius 3 is 2.76 bits per heavy atom. The largest absolute Gasteiger partial charge is 0.461 e. The molecule has 0 aliphatic rings. The Hall–Kier alpha value is -3.35. The molecule has 1 atom stereocenters. The molecule has 0 saturated carbocycles. The first-order chi connectivity index (χ1) is 12.0. The summed E-state index contributed by atoms with van der Waals surface area (Å²) in [4.78, 5) is 27.5. The highest BCUT2D eigenvalue weighted by Crippen LogP contribution is 2.26. The molecule has 25 heavy (non-hydrogen) atoms. The summed E-state index contributed by atoms with van der Waals surface area (Å²) in [6, 6.07) is 10.4. The molecule has 3 rings (SSSR count). The maximum Gasteiger partial charge on any atom is 0.361 e. The quantitative estimate of drug-likeness (QED) is 0.710. The molecule has 3 aromatic rings. The summed E-state index contributed by atoms with van der Waals surface area (Å²) in [5.74, 6) is -0.191. The monoisotopic (exact) mass is 340 g/mol. The molecule has 2 aromatic heterocycles. The van der Waals surface area contributed by atoms with E-state index in [1.807, 2.05) is 0 Å². The van der Waals surface area contributed by atoms with Gasteiger partial charge in [-0.15, -0.1) is 0 Å². The Bertz CT molecular complexity index is 883. The minimum Gasteiger partial charge on any atom is -0.461 e. The number of benzene rings is 1. The van der Waals surface area contributed by atoms with Gasteiger partial charge < -0.3 is 18.9 Å². The lowest BCUT2D eigenvalue weighted by molar-refractivity contribution is -0.114. The number of hydrogen-bond acceptors (Lipinski definition) is 6. The van der Waals surface area contributed by atoms with Crippen molar-refractivity contribution >= 4 is 17.6 Å². The van der Waals surface area contributed by atoms with Gasteiger partial charge in [0.1, 0.15) is 6.10 Å². The van der Waals surface area contributed by atoms with Gasteiger partial charge in [-0.25, -0.2) is 9.78 Å². The van der Waals surface area contributed by atoms with Crippen LogP contribution in [0.5, 0.6) is 0 Å². The second kappa shape index (κ2) is 7.04. The predicted octanol–water partition coefficient (Wildman–Crippen LogP) is 3.81. The number of furan rings is 1. The van der Waals surface area contributed by atoms with E-state index in [2.05, 4.69) is 10.3 Å². The zero-order valence-corrected chi connectivity index (χ0v) is 13.7. The summed E-state index contributed by atoms with van der Waals surface area (Å²) in [7, 11) is 0.